The van der Waals surface area contributed by atoms with E-state index in [1.54, 1.807) is 0 Å². The molecule has 1 N–H and O–H groups in total. The molecule has 0 rings (SSSR count). The second kappa shape index (κ2) is 14.5. The summed E-state index contributed by atoms with van der Waals surface area (Å²) in [7, 11) is 0. The Kier molecular flexibility index (Phi) is 14.1. The Balaban J connectivity index is 2.92. The number of carboxylic acid groups (broad SMARTS) is 1. The molecular formula is C16H32O2. The van der Waals surface area contributed by atoms with E-state index in [0.29, 0.717) is 6.42 Å². The van der Waals surface area contributed by atoms with Crippen LogP contribution < -0.4 is 0 Å². The predicted molar refractivity (Wildman–Crippen MR) is 77.9 cm³/mol. The molecule has 0 fully saturated rings. The maximum Gasteiger partial charge on any atom is 0.303 e. The van der Waals surface area contributed by atoms with Crippen molar-refractivity contribution in [3.05, 3.63) is 0 Å². The van der Waals surface area contributed by atoms with Gasteiger partial charge < -0.3 is 5.11 Å². The quantitative estimate of drug-likeness (QED) is 0.327. The van der Waals surface area contributed by atoms with Gasteiger partial charge in [-0.05, 0) is 6.42 Å². The lowest BCUT2D eigenvalue weighted by Crippen LogP contribution is -1.93. The third kappa shape index (κ3) is 15.5. The molecule has 0 aromatic carbocycles. The van der Waals surface area contributed by atoms with Gasteiger partial charge in [0, 0.05) is 6.42 Å². The number of carbonyl (C=O) groups is 1. The van der Waals surface area contributed by atoms with Crippen LogP contribution in [0, 0.1) is 0 Å². The molecule has 18 heavy (non-hydrogen) atoms. The van der Waals surface area contributed by atoms with Crippen LogP contribution in [0.25, 0.3) is 0 Å². The molecular weight excluding hydrogens is 226 g/mol. The fraction of sp³-hybridized carbons (Fsp3) is 0.938. The van der Waals surface area contributed by atoms with E-state index in [1.165, 1.54) is 70.6 Å². The molecule has 0 aliphatic heterocycles. The van der Waals surface area contributed by atoms with Crippen LogP contribution in [0.4, 0.5) is 0 Å². The average Bonchev–Trinajstić information content (AvgIpc) is 2.34. The van der Waals surface area contributed by atoms with Gasteiger partial charge >= 0.3 is 5.97 Å². The smallest absolute Gasteiger partial charge is 0.303 e. The van der Waals surface area contributed by atoms with Crippen LogP contribution in [0.3, 0.4) is 0 Å². The molecule has 0 aromatic rings. The fourth-order valence-electron chi connectivity index (χ4n) is 2.29. The SMILES string of the molecule is [13CH3][13CH2]CCCCCCCCCCCCCC(=O)O. The minimum atomic E-state index is -0.655. The molecule has 2 nitrogen and oxygen atoms in total. The van der Waals surface area contributed by atoms with Crippen LogP contribution in [0.1, 0.15) is 96.8 Å². The molecule has 0 aliphatic rings. The highest BCUT2D eigenvalue weighted by Crippen LogP contribution is 2.12. The Morgan fingerprint density at radius 3 is 1.33 bits per heavy atom. The minimum Gasteiger partial charge on any atom is -0.481 e. The zero-order valence-electron chi connectivity index (χ0n) is 12.3. The van der Waals surface area contributed by atoms with Gasteiger partial charge in [-0.15, -0.1) is 0 Å². The highest BCUT2D eigenvalue weighted by molar-refractivity contribution is 5.66. The van der Waals surface area contributed by atoms with Crippen molar-refractivity contribution < 1.29 is 9.90 Å². The van der Waals surface area contributed by atoms with Crippen molar-refractivity contribution in [2.45, 2.75) is 96.8 Å². The summed E-state index contributed by atoms with van der Waals surface area (Å²) >= 11 is 0. The van der Waals surface area contributed by atoms with Gasteiger partial charge in [-0.3, -0.25) is 4.79 Å². The maximum atomic E-state index is 10.3. The zero-order valence-corrected chi connectivity index (χ0v) is 12.3. The highest BCUT2D eigenvalue weighted by Gasteiger charge is 1.96. The molecule has 0 radical (unpaired) electrons. The molecule has 0 atom stereocenters. The molecule has 0 amide bonds. The number of rotatable bonds is 14. The zero-order chi connectivity index (χ0) is 13.5. The molecule has 0 spiro atoms. The van der Waals surface area contributed by atoms with Gasteiger partial charge in [0.1, 0.15) is 0 Å². The van der Waals surface area contributed by atoms with Crippen LogP contribution in [-0.2, 0) is 4.79 Å². The van der Waals surface area contributed by atoms with E-state index in [0.717, 1.165) is 12.8 Å². The van der Waals surface area contributed by atoms with Gasteiger partial charge in [-0.1, -0.05) is 84.0 Å². The Labute approximate surface area is 113 Å². The number of aliphatic carboxylic acids is 1. The molecule has 0 saturated carbocycles. The van der Waals surface area contributed by atoms with Crippen molar-refractivity contribution in [3.63, 3.8) is 0 Å². The van der Waals surface area contributed by atoms with Crippen LogP contribution in [0.15, 0.2) is 0 Å². The summed E-state index contributed by atoms with van der Waals surface area (Å²) in [6, 6.07) is 0. The first-order valence-corrected chi connectivity index (χ1v) is 7.99. The normalized spacial score (nSPS) is 10.7. The van der Waals surface area contributed by atoms with Crippen molar-refractivity contribution in [2.75, 3.05) is 0 Å². The molecule has 0 heterocycles. The van der Waals surface area contributed by atoms with E-state index in [-0.39, 0.29) is 0 Å². The first kappa shape index (κ1) is 17.5. The van der Waals surface area contributed by atoms with Crippen molar-refractivity contribution >= 4 is 5.97 Å². The van der Waals surface area contributed by atoms with Gasteiger partial charge in [0.15, 0.2) is 0 Å². The highest BCUT2D eigenvalue weighted by atomic mass is 16.4. The van der Waals surface area contributed by atoms with Gasteiger partial charge in [-0.2, -0.15) is 0 Å². The topological polar surface area (TPSA) is 37.3 Å². The van der Waals surface area contributed by atoms with Gasteiger partial charge in [0.2, 0.25) is 0 Å². The molecule has 0 bridgehead atoms. The second-order valence-corrected chi connectivity index (χ2v) is 5.39. The Morgan fingerprint density at radius 1 is 0.667 bits per heavy atom. The fourth-order valence-corrected chi connectivity index (χ4v) is 2.29. The number of unbranched alkanes of at least 4 members (excludes halogenated alkanes) is 12. The summed E-state index contributed by atoms with van der Waals surface area (Å²) in [5.74, 6) is -0.655. The van der Waals surface area contributed by atoms with Crippen LogP contribution in [0.5, 0.6) is 0 Å². The van der Waals surface area contributed by atoms with Gasteiger partial charge in [0.25, 0.3) is 0 Å². The number of hydrogen-bond donors (Lipinski definition) is 1. The van der Waals surface area contributed by atoms with Crippen molar-refractivity contribution in [1.82, 2.24) is 0 Å². The predicted octanol–water partition coefficient (Wildman–Crippen LogP) is 5.55. The second-order valence-electron chi connectivity index (χ2n) is 5.39. The summed E-state index contributed by atoms with van der Waals surface area (Å²) in [6.07, 6.45) is 17.3. The Morgan fingerprint density at radius 2 is 1.00 bits per heavy atom. The molecule has 0 aromatic heterocycles. The maximum absolute atomic E-state index is 10.3. The molecule has 0 saturated heterocycles. The van der Waals surface area contributed by atoms with Crippen LogP contribution in [-0.4, -0.2) is 11.1 Å². The number of hydrogen-bond acceptors (Lipinski definition) is 1. The number of carboxylic acids is 1. The van der Waals surface area contributed by atoms with E-state index in [4.69, 9.17) is 5.11 Å². The summed E-state index contributed by atoms with van der Waals surface area (Å²) in [5, 5.41) is 8.49. The van der Waals surface area contributed by atoms with E-state index < -0.39 is 5.97 Å². The first-order valence-electron chi connectivity index (χ1n) is 7.99. The summed E-state index contributed by atoms with van der Waals surface area (Å²) in [6.45, 7) is 2.26. The summed E-state index contributed by atoms with van der Waals surface area (Å²) in [5.41, 5.74) is 0. The third-order valence-corrected chi connectivity index (χ3v) is 3.49. The van der Waals surface area contributed by atoms with Crippen LogP contribution >= 0.6 is 0 Å². The Hall–Kier alpha value is -0.530. The van der Waals surface area contributed by atoms with E-state index >= 15 is 0 Å². The average molecular weight is 258 g/mol. The molecule has 0 unspecified atom stereocenters. The summed E-state index contributed by atoms with van der Waals surface area (Å²) < 4.78 is 0. The lowest BCUT2D eigenvalue weighted by Gasteiger charge is -2.02. The van der Waals surface area contributed by atoms with Crippen LogP contribution in [0.2, 0.25) is 0 Å². The van der Waals surface area contributed by atoms with Crippen molar-refractivity contribution in [3.8, 4) is 0 Å². The Bertz CT molecular complexity index is 178. The molecule has 0 aliphatic carbocycles. The lowest BCUT2D eigenvalue weighted by molar-refractivity contribution is -0.137. The third-order valence-electron chi connectivity index (χ3n) is 3.49. The van der Waals surface area contributed by atoms with Gasteiger partial charge in [-0.25, -0.2) is 0 Å². The van der Waals surface area contributed by atoms with Gasteiger partial charge in [0.05, 0.1) is 0 Å². The first-order chi connectivity index (χ1) is 8.77. The monoisotopic (exact) mass is 258 g/mol. The van der Waals surface area contributed by atoms with Crippen molar-refractivity contribution in [1.29, 1.82) is 0 Å². The van der Waals surface area contributed by atoms with E-state index in [2.05, 4.69) is 6.92 Å². The summed E-state index contributed by atoms with van der Waals surface area (Å²) in [4.78, 5) is 10.3. The van der Waals surface area contributed by atoms with Crippen molar-refractivity contribution in [2.24, 2.45) is 0 Å². The molecule has 108 valence electrons. The standard InChI is InChI=1S/C16H32O2/c1-2-3-4-5-6-7-8-9-10-11-12-13-14-15-16(17)18/h2-15H2,1H3,(H,17,18)/i1+1,2+1. The van der Waals surface area contributed by atoms with E-state index in [9.17, 15) is 4.79 Å². The van der Waals surface area contributed by atoms with E-state index in [1.807, 2.05) is 0 Å². The minimum absolute atomic E-state index is 0.345. The lowest BCUT2D eigenvalue weighted by atomic mass is 10.1. The molecule has 2 heteroatoms. The largest absolute Gasteiger partial charge is 0.481 e.